The van der Waals surface area contributed by atoms with Gasteiger partial charge in [-0.2, -0.15) is 0 Å². The van der Waals surface area contributed by atoms with Gasteiger partial charge in [-0.25, -0.2) is 29.9 Å². The molecule has 15 aromatic rings. The van der Waals surface area contributed by atoms with Crippen LogP contribution in [0.1, 0.15) is 52.7 Å². The number of fused-ring (bicyclic) bond motifs is 7. The predicted octanol–water partition coefficient (Wildman–Crippen LogP) is 19.5. The Labute approximate surface area is 559 Å². The Kier molecular flexibility index (Phi) is 13.9. The van der Waals surface area contributed by atoms with Gasteiger partial charge in [-0.3, -0.25) is 0 Å². The van der Waals surface area contributed by atoms with E-state index in [1.54, 1.807) is 0 Å². The van der Waals surface area contributed by atoms with Crippen molar-refractivity contribution in [2.45, 2.75) is 52.4 Å². The summed E-state index contributed by atoms with van der Waals surface area (Å²) in [6.07, 6.45) is 0. The normalized spacial score (nSPS) is 12.6. The first-order chi connectivity index (χ1) is 46.9. The van der Waals surface area contributed by atoms with Crippen molar-refractivity contribution in [2.75, 3.05) is 9.80 Å². The van der Waals surface area contributed by atoms with Crippen LogP contribution in [0.15, 0.2) is 291 Å². The quantitative estimate of drug-likeness (QED) is 0.125. The maximum atomic E-state index is 5.63. The minimum Gasteiger partial charge on any atom is -0.311 e. The van der Waals surface area contributed by atoms with Crippen LogP contribution in [0.2, 0.25) is 0 Å². The summed E-state index contributed by atoms with van der Waals surface area (Å²) in [6.45, 7) is 13.7. The van der Waals surface area contributed by atoms with Gasteiger partial charge < -0.3 is 14.4 Å². The molecule has 0 fully saturated rings. The van der Waals surface area contributed by atoms with E-state index < -0.39 is 0 Å². The molecule has 2 aliphatic heterocycles. The molecule has 5 heterocycles. The SMILES string of the molecule is CC(C)(C)c1ccc2c(c1)c1cc(C(C)(C)C)ccc1n2-c1ccc(-c2nc(-c3ccccc3)nc(-c3ccccc3)n2)cc1-c1nc(-c2ccccc2)nc(-c2ccc(-c3ccc4c5c3N(c3ccccc3)c3ccccc3B5c3ccccc3N4c3ccccc3)cc2)n1. The van der Waals surface area contributed by atoms with Gasteiger partial charge in [-0.15, -0.1) is 0 Å². The van der Waals surface area contributed by atoms with Crippen molar-refractivity contribution >= 4 is 79.0 Å². The third kappa shape index (κ3) is 10.0. The summed E-state index contributed by atoms with van der Waals surface area (Å²) in [6, 6.07) is 104. The summed E-state index contributed by atoms with van der Waals surface area (Å²) < 4.78 is 2.39. The lowest BCUT2D eigenvalue weighted by Gasteiger charge is -2.45. The molecule has 10 heteroatoms. The first kappa shape index (κ1) is 58.0. The number of para-hydroxylation sites is 4. The number of anilines is 6. The molecule has 0 saturated heterocycles. The van der Waals surface area contributed by atoms with Crippen LogP contribution < -0.4 is 26.2 Å². The van der Waals surface area contributed by atoms with E-state index in [2.05, 4.69) is 268 Å². The molecule has 12 aromatic carbocycles. The van der Waals surface area contributed by atoms with E-state index in [0.29, 0.717) is 34.9 Å². The smallest absolute Gasteiger partial charge is 0.252 e. The van der Waals surface area contributed by atoms with Crippen LogP contribution in [-0.4, -0.2) is 41.2 Å². The molecule has 0 amide bonds. The number of hydrogen-bond acceptors (Lipinski definition) is 8. The standard InChI is InChI=1S/C86H66BN9/c1-85(2,3)61-45-49-71-66(53-61)67-54-62(86(4,5)6)46-50-72(67)96(71)73-48-44-60(83-90-79(56-26-12-7-13-27-56)88-80(91-83)57-28-14-8-15-29-57)52-68(73)84-92-81(58-30-16-9-17-31-58)89-82(93-84)59-42-40-55(41-43-59)65-47-51-76-77-78(65)95(64-34-20-11-21-35-64)75-39-25-23-37-70(75)87(77)69-36-22-24-38-74(69)94(76)63-32-18-10-19-33-63/h7-54H,1-6H3. The van der Waals surface area contributed by atoms with E-state index in [1.165, 1.54) is 44.0 Å². The molecule has 0 saturated carbocycles. The van der Waals surface area contributed by atoms with Crippen molar-refractivity contribution in [3.63, 3.8) is 0 Å². The lowest BCUT2D eigenvalue weighted by Crippen LogP contribution is -2.61. The highest BCUT2D eigenvalue weighted by Crippen LogP contribution is 2.49. The Morgan fingerprint density at radius 2 is 0.656 bits per heavy atom. The summed E-state index contributed by atoms with van der Waals surface area (Å²) in [5.74, 6) is 3.25. The zero-order chi connectivity index (χ0) is 64.8. The summed E-state index contributed by atoms with van der Waals surface area (Å²) in [4.78, 5) is 37.1. The van der Waals surface area contributed by atoms with E-state index in [-0.39, 0.29) is 17.5 Å². The summed E-state index contributed by atoms with van der Waals surface area (Å²) in [7, 11) is 0. The van der Waals surface area contributed by atoms with Gasteiger partial charge in [0.25, 0.3) is 6.71 Å². The maximum Gasteiger partial charge on any atom is 0.252 e. The van der Waals surface area contributed by atoms with Gasteiger partial charge in [0.1, 0.15) is 0 Å². The van der Waals surface area contributed by atoms with Gasteiger partial charge in [0.15, 0.2) is 34.9 Å². The second kappa shape index (κ2) is 23.0. The number of rotatable bonds is 10. The van der Waals surface area contributed by atoms with Crippen LogP contribution in [0.4, 0.5) is 34.1 Å². The summed E-state index contributed by atoms with van der Waals surface area (Å²) in [5.41, 5.74) is 23.2. The highest BCUT2D eigenvalue weighted by atomic mass is 15.2. The molecule has 2 aliphatic rings. The number of aromatic nitrogens is 7. The molecule has 0 N–H and O–H groups in total. The molecule has 0 unspecified atom stereocenters. The van der Waals surface area contributed by atoms with Crippen LogP contribution in [0, 0.1) is 0 Å². The third-order valence-corrected chi connectivity index (χ3v) is 19.0. The largest absolute Gasteiger partial charge is 0.311 e. The fourth-order valence-corrected chi connectivity index (χ4v) is 14.2. The molecule has 0 atom stereocenters. The van der Waals surface area contributed by atoms with Crippen LogP contribution in [0.3, 0.4) is 0 Å². The molecule has 458 valence electrons. The molecule has 0 spiro atoms. The topological polar surface area (TPSA) is 88.7 Å². The molecule has 96 heavy (non-hydrogen) atoms. The minimum absolute atomic E-state index is 0.0311. The molecular formula is C86H66BN9. The Balaban J connectivity index is 0.884. The van der Waals surface area contributed by atoms with E-state index in [0.717, 1.165) is 89.7 Å². The van der Waals surface area contributed by atoms with Crippen molar-refractivity contribution in [1.29, 1.82) is 0 Å². The summed E-state index contributed by atoms with van der Waals surface area (Å²) in [5, 5.41) is 2.35. The predicted molar refractivity (Wildman–Crippen MR) is 397 cm³/mol. The number of nitrogens with zero attached hydrogens (tertiary/aromatic N) is 9. The van der Waals surface area contributed by atoms with Crippen molar-refractivity contribution in [2.24, 2.45) is 0 Å². The summed E-state index contributed by atoms with van der Waals surface area (Å²) >= 11 is 0. The van der Waals surface area contributed by atoms with E-state index in [1.807, 2.05) is 78.9 Å². The monoisotopic (exact) mass is 1240 g/mol. The molecule has 0 radical (unpaired) electrons. The first-order valence-corrected chi connectivity index (χ1v) is 33.0. The molecule has 9 nitrogen and oxygen atoms in total. The second-order valence-electron chi connectivity index (χ2n) is 27.1. The average molecular weight is 1240 g/mol. The van der Waals surface area contributed by atoms with Gasteiger partial charge in [0.05, 0.1) is 22.4 Å². The second-order valence-corrected chi connectivity index (χ2v) is 27.1. The molecule has 0 aliphatic carbocycles. The van der Waals surface area contributed by atoms with Gasteiger partial charge in [-0.1, -0.05) is 248 Å². The fraction of sp³-hybridized carbons (Fsp3) is 0.0930. The molecular weight excluding hydrogens is 1170 g/mol. The van der Waals surface area contributed by atoms with Gasteiger partial charge in [0.2, 0.25) is 0 Å². The van der Waals surface area contributed by atoms with E-state index in [9.17, 15) is 0 Å². The first-order valence-electron chi connectivity index (χ1n) is 33.0. The Hall–Kier alpha value is -11.9. The number of benzene rings is 12. The van der Waals surface area contributed by atoms with E-state index in [4.69, 9.17) is 29.9 Å². The van der Waals surface area contributed by atoms with Gasteiger partial charge in [0, 0.05) is 78.2 Å². The van der Waals surface area contributed by atoms with Crippen molar-refractivity contribution in [3.05, 3.63) is 302 Å². The van der Waals surface area contributed by atoms with Crippen molar-refractivity contribution < 1.29 is 0 Å². The van der Waals surface area contributed by atoms with Crippen LogP contribution in [0.5, 0.6) is 0 Å². The average Bonchev–Trinajstić information content (AvgIpc) is 1.80. The highest BCUT2D eigenvalue weighted by Gasteiger charge is 2.44. The Morgan fingerprint density at radius 1 is 0.281 bits per heavy atom. The minimum atomic E-state index is -0.0850. The lowest BCUT2D eigenvalue weighted by molar-refractivity contribution is 0.590. The van der Waals surface area contributed by atoms with Crippen LogP contribution in [-0.2, 0) is 10.8 Å². The molecule has 17 rings (SSSR count). The van der Waals surface area contributed by atoms with Crippen molar-refractivity contribution in [1.82, 2.24) is 34.5 Å². The third-order valence-electron chi connectivity index (χ3n) is 19.0. The van der Waals surface area contributed by atoms with E-state index >= 15 is 0 Å². The highest BCUT2D eigenvalue weighted by molar-refractivity contribution is 7.00. The fourth-order valence-electron chi connectivity index (χ4n) is 14.2. The van der Waals surface area contributed by atoms with Gasteiger partial charge >= 0.3 is 0 Å². The van der Waals surface area contributed by atoms with Crippen molar-refractivity contribution in [3.8, 4) is 85.1 Å². The number of hydrogen-bond donors (Lipinski definition) is 0. The lowest BCUT2D eigenvalue weighted by atomic mass is 9.33. The van der Waals surface area contributed by atoms with Gasteiger partial charge in [-0.05, 0) is 129 Å². The van der Waals surface area contributed by atoms with Crippen LogP contribution in [0.25, 0.3) is 107 Å². The zero-order valence-electron chi connectivity index (χ0n) is 54.3. The van der Waals surface area contributed by atoms with Crippen LogP contribution >= 0.6 is 0 Å². The maximum absolute atomic E-state index is 5.63. The Bertz CT molecular complexity index is 5350. The molecule has 3 aromatic heterocycles. The molecule has 0 bridgehead atoms. The Morgan fingerprint density at radius 3 is 1.14 bits per heavy atom. The zero-order valence-corrected chi connectivity index (χ0v) is 54.3.